The molecule has 7 heteroatoms. The van der Waals surface area contributed by atoms with Crippen molar-refractivity contribution in [1.29, 1.82) is 0 Å². The minimum absolute atomic E-state index is 0.0363. The molecule has 1 N–H and O–H groups in total. The monoisotopic (exact) mass is 343 g/mol. The van der Waals surface area contributed by atoms with Crippen LogP contribution in [-0.4, -0.2) is 46.8 Å². The van der Waals surface area contributed by atoms with Crippen LogP contribution in [0.3, 0.4) is 0 Å². The fourth-order valence-electron chi connectivity index (χ4n) is 3.35. The predicted molar refractivity (Wildman–Crippen MR) is 95.8 cm³/mol. The zero-order valence-corrected chi connectivity index (χ0v) is 14.6. The van der Waals surface area contributed by atoms with Gasteiger partial charge in [-0.3, -0.25) is 10.1 Å². The maximum absolute atomic E-state index is 11.9. The number of pyridine rings is 1. The molecule has 7 nitrogen and oxygen atoms in total. The molecule has 1 aliphatic carbocycles. The van der Waals surface area contributed by atoms with Crippen molar-refractivity contribution in [3.63, 3.8) is 0 Å². The van der Waals surface area contributed by atoms with Gasteiger partial charge in [0.1, 0.15) is 5.82 Å². The molecule has 3 heterocycles. The Kier molecular flexibility index (Phi) is 4.57. The Bertz CT molecular complexity index is 747. The van der Waals surface area contributed by atoms with Crippen LogP contribution in [0.5, 0.6) is 0 Å². The summed E-state index contributed by atoms with van der Waals surface area (Å²) in [5, 5.41) is 7.35. The number of piperidine rings is 1. The van der Waals surface area contributed by atoms with E-state index in [1.807, 2.05) is 23.6 Å². The number of carbonyl (C=O) groups excluding carboxylic acids is 1. The smallest absolute Gasteiger partial charge is 0.249 e. The summed E-state index contributed by atoms with van der Waals surface area (Å²) in [5.74, 6) is 2.26. The van der Waals surface area contributed by atoms with Gasteiger partial charge >= 0.3 is 0 Å². The van der Waals surface area contributed by atoms with Gasteiger partial charge in [0.05, 0.1) is 0 Å². The molecule has 0 unspecified atom stereocenters. The maximum Gasteiger partial charge on any atom is 0.249 e. The first-order valence-electron chi connectivity index (χ1n) is 9.24. The summed E-state index contributed by atoms with van der Waals surface area (Å²) in [5.41, 5.74) is 0.764. The van der Waals surface area contributed by atoms with Gasteiger partial charge in [0.15, 0.2) is 5.65 Å². The molecule has 0 bridgehead atoms. The van der Waals surface area contributed by atoms with Crippen molar-refractivity contribution in [2.45, 2.75) is 32.6 Å². The Morgan fingerprint density at radius 3 is 2.80 bits per heavy atom. The van der Waals surface area contributed by atoms with Crippen molar-refractivity contribution in [3.05, 3.63) is 18.2 Å². The van der Waals surface area contributed by atoms with Crippen LogP contribution in [0, 0.1) is 11.8 Å². The summed E-state index contributed by atoms with van der Waals surface area (Å²) in [6.07, 6.45) is 4.19. The van der Waals surface area contributed by atoms with Gasteiger partial charge in [-0.05, 0) is 50.7 Å². The molecule has 2 fully saturated rings. The summed E-state index contributed by atoms with van der Waals surface area (Å²) in [7, 11) is 0. The SMILES string of the molecule is CCOCC1CCN(c2cccc3nc(NC(=O)C4CC4)nn23)CC1. The molecule has 1 saturated carbocycles. The van der Waals surface area contributed by atoms with Crippen LogP contribution in [0.4, 0.5) is 11.8 Å². The van der Waals surface area contributed by atoms with Crippen molar-refractivity contribution >= 4 is 23.3 Å². The molecule has 1 saturated heterocycles. The molecule has 25 heavy (non-hydrogen) atoms. The lowest BCUT2D eigenvalue weighted by molar-refractivity contribution is -0.117. The van der Waals surface area contributed by atoms with Crippen molar-refractivity contribution in [3.8, 4) is 0 Å². The third-order valence-electron chi connectivity index (χ3n) is 5.02. The minimum Gasteiger partial charge on any atom is -0.381 e. The number of amides is 1. The van der Waals surface area contributed by atoms with Gasteiger partial charge in [0.2, 0.25) is 11.9 Å². The average Bonchev–Trinajstić information content (AvgIpc) is 3.40. The van der Waals surface area contributed by atoms with Crippen LogP contribution in [0.15, 0.2) is 18.2 Å². The Morgan fingerprint density at radius 2 is 2.08 bits per heavy atom. The number of nitrogens with one attached hydrogen (secondary N) is 1. The summed E-state index contributed by atoms with van der Waals surface area (Å²) in [4.78, 5) is 18.7. The topological polar surface area (TPSA) is 71.8 Å². The lowest BCUT2D eigenvalue weighted by atomic mass is 9.98. The number of hydrogen-bond donors (Lipinski definition) is 1. The lowest BCUT2D eigenvalue weighted by Crippen LogP contribution is -2.36. The highest BCUT2D eigenvalue weighted by atomic mass is 16.5. The van der Waals surface area contributed by atoms with E-state index in [9.17, 15) is 4.79 Å². The van der Waals surface area contributed by atoms with Gasteiger partial charge in [0.25, 0.3) is 0 Å². The second-order valence-corrected chi connectivity index (χ2v) is 6.94. The second kappa shape index (κ2) is 7.00. The van der Waals surface area contributed by atoms with Crippen LogP contribution in [0.2, 0.25) is 0 Å². The van der Waals surface area contributed by atoms with E-state index in [1.54, 1.807) is 0 Å². The number of fused-ring (bicyclic) bond motifs is 1. The van der Waals surface area contributed by atoms with E-state index in [4.69, 9.17) is 4.74 Å². The number of hydrogen-bond acceptors (Lipinski definition) is 5. The Labute approximate surface area is 147 Å². The molecular formula is C18H25N5O2. The van der Waals surface area contributed by atoms with Gasteiger partial charge < -0.3 is 9.64 Å². The van der Waals surface area contributed by atoms with Gasteiger partial charge in [-0.2, -0.15) is 9.50 Å². The Hall–Kier alpha value is -2.15. The summed E-state index contributed by atoms with van der Waals surface area (Å²) >= 11 is 0. The average molecular weight is 343 g/mol. The van der Waals surface area contributed by atoms with E-state index in [0.717, 1.165) is 63.5 Å². The minimum atomic E-state index is 0.0363. The number of ether oxygens (including phenoxy) is 1. The standard InChI is InChI=1S/C18H25N5O2/c1-2-25-12-13-8-10-22(11-9-13)16-5-3-4-15-19-18(21-23(15)16)20-17(24)14-6-7-14/h3-5,13-14H,2,6-12H2,1H3,(H,20,21,24). The number of aromatic nitrogens is 3. The van der Waals surface area contributed by atoms with E-state index < -0.39 is 0 Å². The summed E-state index contributed by atoms with van der Waals surface area (Å²) in [6, 6.07) is 5.99. The molecule has 1 amide bonds. The van der Waals surface area contributed by atoms with Crippen LogP contribution < -0.4 is 10.2 Å². The third kappa shape index (κ3) is 3.61. The number of nitrogens with zero attached hydrogens (tertiary/aromatic N) is 4. The summed E-state index contributed by atoms with van der Waals surface area (Å²) < 4.78 is 7.40. The molecule has 2 aliphatic rings. The third-order valence-corrected chi connectivity index (χ3v) is 5.02. The van der Waals surface area contributed by atoms with E-state index in [1.165, 1.54) is 0 Å². The highest BCUT2D eigenvalue weighted by Crippen LogP contribution is 2.30. The first-order chi connectivity index (χ1) is 12.2. The van der Waals surface area contributed by atoms with Gasteiger partial charge in [-0.1, -0.05) is 6.07 Å². The first kappa shape index (κ1) is 16.3. The highest BCUT2D eigenvalue weighted by molar-refractivity contribution is 5.92. The Morgan fingerprint density at radius 1 is 1.28 bits per heavy atom. The molecular weight excluding hydrogens is 318 g/mol. The largest absolute Gasteiger partial charge is 0.381 e. The number of carbonyl (C=O) groups is 1. The van der Waals surface area contributed by atoms with Crippen molar-refractivity contribution in [2.75, 3.05) is 36.5 Å². The molecule has 2 aromatic rings. The van der Waals surface area contributed by atoms with E-state index in [2.05, 4.69) is 26.4 Å². The Balaban J connectivity index is 1.48. The molecule has 0 atom stereocenters. The molecule has 2 aromatic heterocycles. The zero-order chi connectivity index (χ0) is 17.2. The molecule has 1 aliphatic heterocycles. The van der Waals surface area contributed by atoms with E-state index in [0.29, 0.717) is 11.9 Å². The first-order valence-corrected chi connectivity index (χ1v) is 9.24. The van der Waals surface area contributed by atoms with Crippen molar-refractivity contribution < 1.29 is 9.53 Å². The van der Waals surface area contributed by atoms with E-state index in [-0.39, 0.29) is 11.8 Å². The maximum atomic E-state index is 11.9. The fourth-order valence-corrected chi connectivity index (χ4v) is 3.35. The van der Waals surface area contributed by atoms with Gasteiger partial charge in [-0.25, -0.2) is 0 Å². The van der Waals surface area contributed by atoms with Crippen molar-refractivity contribution in [1.82, 2.24) is 14.6 Å². The van der Waals surface area contributed by atoms with Crippen LogP contribution in [0.1, 0.15) is 32.6 Å². The number of rotatable bonds is 6. The predicted octanol–water partition coefficient (Wildman–Crippen LogP) is 2.33. The van der Waals surface area contributed by atoms with Crippen LogP contribution in [-0.2, 0) is 9.53 Å². The van der Waals surface area contributed by atoms with Gasteiger partial charge in [0, 0.05) is 32.2 Å². The van der Waals surface area contributed by atoms with Crippen molar-refractivity contribution in [2.24, 2.45) is 11.8 Å². The van der Waals surface area contributed by atoms with Crippen LogP contribution in [0.25, 0.3) is 5.65 Å². The second-order valence-electron chi connectivity index (χ2n) is 6.94. The zero-order valence-electron chi connectivity index (χ0n) is 14.6. The normalized spacial score (nSPS) is 18.7. The van der Waals surface area contributed by atoms with Crippen LogP contribution >= 0.6 is 0 Å². The molecule has 134 valence electrons. The molecule has 0 spiro atoms. The van der Waals surface area contributed by atoms with E-state index >= 15 is 0 Å². The summed E-state index contributed by atoms with van der Waals surface area (Å²) in [6.45, 7) is 5.66. The number of anilines is 2. The quantitative estimate of drug-likeness (QED) is 0.871. The van der Waals surface area contributed by atoms with Gasteiger partial charge in [-0.15, -0.1) is 5.10 Å². The molecule has 0 radical (unpaired) electrons. The fraction of sp³-hybridized carbons (Fsp3) is 0.611. The molecule has 4 rings (SSSR count). The highest BCUT2D eigenvalue weighted by Gasteiger charge is 2.30. The lowest BCUT2D eigenvalue weighted by Gasteiger charge is -2.33. The molecule has 0 aromatic carbocycles.